The maximum absolute atomic E-state index is 12.8. The van der Waals surface area contributed by atoms with Gasteiger partial charge in [0.05, 0.1) is 21.2 Å². The van der Waals surface area contributed by atoms with Crippen molar-refractivity contribution in [1.29, 1.82) is 0 Å². The van der Waals surface area contributed by atoms with E-state index in [9.17, 15) is 36.5 Å². The molecule has 130 valence electrons. The van der Waals surface area contributed by atoms with Crippen LogP contribution in [0.1, 0.15) is 11.3 Å². The van der Waals surface area contributed by atoms with E-state index >= 15 is 0 Å². The summed E-state index contributed by atoms with van der Waals surface area (Å²) in [6.07, 6.45) is -9.96. The summed E-state index contributed by atoms with van der Waals surface area (Å²) >= 11 is 11.3. The van der Waals surface area contributed by atoms with E-state index in [1.807, 2.05) is 0 Å². The van der Waals surface area contributed by atoms with Gasteiger partial charge in [-0.3, -0.25) is 0 Å². The van der Waals surface area contributed by atoms with Crippen LogP contribution in [-0.2, 0) is 12.4 Å². The molecule has 1 aromatic heterocycles. The molecular weight excluding hydrogens is 391 g/mol. The number of alkyl halides is 6. The number of hydrogen-bond acceptors (Lipinski definition) is 3. The van der Waals surface area contributed by atoms with Crippen molar-refractivity contribution >= 4 is 29.0 Å². The molecule has 1 aromatic carbocycles. The molecule has 0 radical (unpaired) electrons. The number of rotatable bonds is 2. The van der Waals surface area contributed by atoms with Gasteiger partial charge in [-0.15, -0.1) is 0 Å². The Morgan fingerprint density at radius 1 is 1.04 bits per heavy atom. The zero-order valence-electron chi connectivity index (χ0n) is 10.9. The summed E-state index contributed by atoms with van der Waals surface area (Å²) in [5.41, 5.74) is -3.61. The Morgan fingerprint density at radius 3 is 1.88 bits per heavy atom. The minimum atomic E-state index is -5.16. The Labute approximate surface area is 138 Å². The van der Waals surface area contributed by atoms with Gasteiger partial charge in [0.2, 0.25) is 11.5 Å². The highest BCUT2D eigenvalue weighted by Gasteiger charge is 2.43. The Bertz CT molecular complexity index is 792. The maximum Gasteiger partial charge on any atom is 0.441 e. The van der Waals surface area contributed by atoms with E-state index in [0.29, 0.717) is 12.1 Å². The van der Waals surface area contributed by atoms with E-state index in [4.69, 9.17) is 23.2 Å². The number of aromatic amines is 1. The zero-order chi connectivity index (χ0) is 18.4. The van der Waals surface area contributed by atoms with Crippen LogP contribution in [0.25, 0.3) is 11.4 Å². The van der Waals surface area contributed by atoms with Crippen LogP contribution in [-0.4, -0.2) is 14.9 Å². The van der Waals surface area contributed by atoms with Crippen LogP contribution >= 0.6 is 23.2 Å². The van der Waals surface area contributed by atoms with Crippen molar-refractivity contribution in [1.82, 2.24) is 9.97 Å². The number of nitrogens with zero attached hydrogens (tertiary/aromatic N) is 2. The SMILES string of the molecule is O=[N+]([O-])c1[nH]c(-c2c(Cl)cc(C(F)(F)F)cc2Cl)nc1C(F)(F)F. The summed E-state index contributed by atoms with van der Waals surface area (Å²) < 4.78 is 76.2. The van der Waals surface area contributed by atoms with Crippen LogP contribution in [0.4, 0.5) is 32.2 Å². The Balaban J connectivity index is 2.68. The first-order valence-electron chi connectivity index (χ1n) is 5.70. The van der Waals surface area contributed by atoms with Gasteiger partial charge in [0.15, 0.2) is 0 Å². The molecule has 0 atom stereocenters. The fraction of sp³-hybridized carbons (Fsp3) is 0.182. The monoisotopic (exact) mass is 393 g/mol. The molecule has 0 spiro atoms. The third kappa shape index (κ3) is 3.41. The minimum absolute atomic E-state index is 0.421. The molecular formula is C11H3Cl2F6N3O2. The van der Waals surface area contributed by atoms with Gasteiger partial charge >= 0.3 is 18.2 Å². The average molecular weight is 394 g/mol. The van der Waals surface area contributed by atoms with E-state index in [0.717, 1.165) is 0 Å². The Hall–Kier alpha value is -2.01. The van der Waals surface area contributed by atoms with E-state index in [1.165, 1.54) is 0 Å². The predicted octanol–water partition coefficient (Wildman–Crippen LogP) is 5.33. The van der Waals surface area contributed by atoms with Crippen molar-refractivity contribution in [2.45, 2.75) is 12.4 Å². The molecule has 1 heterocycles. The van der Waals surface area contributed by atoms with Gasteiger partial charge in [-0.2, -0.15) is 31.3 Å². The van der Waals surface area contributed by atoms with Crippen LogP contribution in [0.15, 0.2) is 12.1 Å². The van der Waals surface area contributed by atoms with E-state index in [-0.39, 0.29) is 0 Å². The van der Waals surface area contributed by atoms with Gasteiger partial charge in [0, 0.05) is 0 Å². The normalized spacial score (nSPS) is 12.5. The average Bonchev–Trinajstić information content (AvgIpc) is 2.81. The van der Waals surface area contributed by atoms with Crippen LogP contribution in [0.2, 0.25) is 10.0 Å². The summed E-state index contributed by atoms with van der Waals surface area (Å²) in [5.74, 6) is -2.26. The largest absolute Gasteiger partial charge is 0.441 e. The van der Waals surface area contributed by atoms with Crippen molar-refractivity contribution in [2.75, 3.05) is 0 Å². The zero-order valence-corrected chi connectivity index (χ0v) is 12.4. The molecule has 5 nitrogen and oxygen atoms in total. The lowest BCUT2D eigenvalue weighted by molar-refractivity contribution is -0.392. The predicted molar refractivity (Wildman–Crippen MR) is 70.7 cm³/mol. The lowest BCUT2D eigenvalue weighted by Gasteiger charge is -2.10. The number of hydrogen-bond donors (Lipinski definition) is 1. The number of H-pyrrole nitrogens is 1. The molecule has 13 heteroatoms. The molecule has 2 rings (SSSR count). The number of imidazole rings is 1. The molecule has 0 saturated carbocycles. The standard InChI is InChI=1S/C11H3Cl2F6N3O2/c12-4-1-3(10(14,15)16)2-5(13)6(4)8-20-7(11(17,18)19)9(21-8)22(23)24/h1-2H,(H,20,21). The molecule has 0 saturated heterocycles. The first-order valence-corrected chi connectivity index (χ1v) is 6.46. The van der Waals surface area contributed by atoms with Gasteiger partial charge in [-0.25, -0.2) is 4.98 Å². The van der Waals surface area contributed by atoms with Crippen LogP contribution < -0.4 is 0 Å². The van der Waals surface area contributed by atoms with Gasteiger partial charge < -0.3 is 10.1 Å². The van der Waals surface area contributed by atoms with Crippen molar-refractivity contribution in [3.8, 4) is 11.4 Å². The fourth-order valence-corrected chi connectivity index (χ4v) is 2.44. The van der Waals surface area contributed by atoms with Crippen molar-refractivity contribution < 1.29 is 31.3 Å². The number of nitrogens with one attached hydrogen (secondary N) is 1. The van der Waals surface area contributed by atoms with Crippen LogP contribution in [0, 0.1) is 10.1 Å². The number of nitro groups is 1. The molecule has 0 aliphatic rings. The summed E-state index contributed by atoms with van der Waals surface area (Å²) in [6.45, 7) is 0. The quantitative estimate of drug-likeness (QED) is 0.425. The number of aromatic nitrogens is 2. The highest BCUT2D eigenvalue weighted by atomic mass is 35.5. The second-order valence-electron chi connectivity index (χ2n) is 4.35. The lowest BCUT2D eigenvalue weighted by Crippen LogP contribution is -2.08. The molecule has 0 aliphatic heterocycles. The second kappa shape index (κ2) is 5.81. The molecule has 0 unspecified atom stereocenters. The lowest BCUT2D eigenvalue weighted by atomic mass is 10.1. The minimum Gasteiger partial charge on any atom is -0.358 e. The number of halogens is 8. The highest BCUT2D eigenvalue weighted by Crippen LogP contribution is 2.42. The highest BCUT2D eigenvalue weighted by molar-refractivity contribution is 6.39. The fourth-order valence-electron chi connectivity index (χ4n) is 1.78. The molecule has 24 heavy (non-hydrogen) atoms. The molecule has 1 N–H and O–H groups in total. The second-order valence-corrected chi connectivity index (χ2v) is 5.16. The van der Waals surface area contributed by atoms with Crippen molar-refractivity contribution in [3.63, 3.8) is 0 Å². The molecule has 0 fully saturated rings. The molecule has 0 aliphatic carbocycles. The summed E-state index contributed by atoms with van der Waals surface area (Å²) in [6, 6.07) is 0.842. The number of benzene rings is 1. The van der Waals surface area contributed by atoms with E-state index in [1.54, 1.807) is 4.98 Å². The van der Waals surface area contributed by atoms with Crippen LogP contribution in [0.3, 0.4) is 0 Å². The summed E-state index contributed by atoms with van der Waals surface area (Å²) in [5, 5.41) is 9.34. The molecule has 0 amide bonds. The third-order valence-corrected chi connectivity index (χ3v) is 3.34. The van der Waals surface area contributed by atoms with Gasteiger partial charge in [-0.1, -0.05) is 23.2 Å². The Morgan fingerprint density at radius 2 is 1.54 bits per heavy atom. The van der Waals surface area contributed by atoms with E-state index in [2.05, 4.69) is 4.98 Å². The first-order chi connectivity index (χ1) is 10.8. The van der Waals surface area contributed by atoms with Gasteiger partial charge in [0.1, 0.15) is 0 Å². The third-order valence-electron chi connectivity index (χ3n) is 2.74. The first kappa shape index (κ1) is 18.3. The molecule has 2 aromatic rings. The summed E-state index contributed by atoms with van der Waals surface area (Å²) in [4.78, 5) is 14.1. The summed E-state index contributed by atoms with van der Waals surface area (Å²) in [7, 11) is 0. The van der Waals surface area contributed by atoms with E-state index < -0.39 is 55.8 Å². The molecule has 0 bridgehead atoms. The maximum atomic E-state index is 12.8. The van der Waals surface area contributed by atoms with Crippen LogP contribution in [0.5, 0.6) is 0 Å². The van der Waals surface area contributed by atoms with Gasteiger partial charge in [-0.05, 0) is 17.1 Å². The Kier molecular flexibility index (Phi) is 4.44. The van der Waals surface area contributed by atoms with Gasteiger partial charge in [0.25, 0.3) is 0 Å². The topological polar surface area (TPSA) is 71.8 Å². The van der Waals surface area contributed by atoms with Crippen molar-refractivity contribution in [3.05, 3.63) is 43.5 Å². The van der Waals surface area contributed by atoms with Crippen molar-refractivity contribution in [2.24, 2.45) is 0 Å². The smallest absolute Gasteiger partial charge is 0.358 e.